The van der Waals surface area contributed by atoms with Crippen LogP contribution in [0.5, 0.6) is 0 Å². The van der Waals surface area contributed by atoms with Crippen molar-refractivity contribution in [1.82, 2.24) is 25.5 Å². The number of anilines is 3. The van der Waals surface area contributed by atoms with E-state index in [9.17, 15) is 0 Å². The Bertz CT molecular complexity index is 776. The normalized spacial score (nSPS) is 16.7. The lowest BCUT2D eigenvalue weighted by Gasteiger charge is -2.11. The van der Waals surface area contributed by atoms with Crippen LogP contribution in [0.15, 0.2) is 40.8 Å². The fourth-order valence-corrected chi connectivity index (χ4v) is 2.61. The number of hydrogen-bond donors (Lipinski definition) is 4. The molecule has 3 heterocycles. The molecule has 4 rings (SSSR count). The van der Waals surface area contributed by atoms with Crippen molar-refractivity contribution in [1.29, 1.82) is 0 Å². The standard InChI is InChI=1S/C15H16BrN7/c16-11-8-18-15(19-10-3-5-17-6-4-10)21-14(11)20-13-7-12(22-23-13)9-1-2-9/h3-5,7-9,17H,1-2,6H2,(H3,18,19,20,21,22,23). The average molecular weight is 374 g/mol. The number of aromatic amines is 1. The van der Waals surface area contributed by atoms with Gasteiger partial charge in [0.2, 0.25) is 5.95 Å². The predicted octanol–water partition coefficient (Wildman–Crippen LogP) is 3.00. The average Bonchev–Trinajstić information content (AvgIpc) is 3.32. The van der Waals surface area contributed by atoms with Gasteiger partial charge in [-0.15, -0.1) is 0 Å². The Morgan fingerprint density at radius 2 is 2.17 bits per heavy atom. The highest BCUT2D eigenvalue weighted by molar-refractivity contribution is 9.10. The molecule has 0 saturated heterocycles. The van der Waals surface area contributed by atoms with Gasteiger partial charge < -0.3 is 16.0 Å². The molecule has 0 atom stereocenters. The van der Waals surface area contributed by atoms with E-state index in [1.165, 1.54) is 18.5 Å². The predicted molar refractivity (Wildman–Crippen MR) is 92.4 cm³/mol. The summed E-state index contributed by atoms with van der Waals surface area (Å²) in [7, 11) is 0. The SMILES string of the molecule is Brc1cnc(NC2=CCNC=C2)nc1Nc1cc(C2CC2)[nH]n1. The monoisotopic (exact) mass is 373 g/mol. The fourth-order valence-electron chi connectivity index (χ4n) is 2.32. The van der Waals surface area contributed by atoms with Gasteiger partial charge in [0, 0.05) is 36.1 Å². The third-order valence-corrected chi connectivity index (χ3v) is 4.26. The van der Waals surface area contributed by atoms with Crippen LogP contribution in [-0.4, -0.2) is 26.7 Å². The molecule has 0 radical (unpaired) electrons. The van der Waals surface area contributed by atoms with Crippen LogP contribution in [0, 0.1) is 0 Å². The number of aromatic nitrogens is 4. The van der Waals surface area contributed by atoms with Crippen LogP contribution in [0.1, 0.15) is 24.5 Å². The van der Waals surface area contributed by atoms with Gasteiger partial charge in [-0.2, -0.15) is 10.1 Å². The number of H-pyrrole nitrogens is 1. The van der Waals surface area contributed by atoms with Gasteiger partial charge in [0.05, 0.1) is 4.47 Å². The Hall–Kier alpha value is -2.35. The van der Waals surface area contributed by atoms with Crippen molar-refractivity contribution in [3.63, 3.8) is 0 Å². The molecule has 0 unspecified atom stereocenters. The van der Waals surface area contributed by atoms with Crippen molar-refractivity contribution < 1.29 is 0 Å². The lowest BCUT2D eigenvalue weighted by Crippen LogP contribution is -2.13. The molecule has 0 bridgehead atoms. The zero-order chi connectivity index (χ0) is 15.6. The maximum absolute atomic E-state index is 4.50. The lowest BCUT2D eigenvalue weighted by molar-refractivity contribution is 0.956. The summed E-state index contributed by atoms with van der Waals surface area (Å²) in [4.78, 5) is 8.79. The van der Waals surface area contributed by atoms with E-state index in [4.69, 9.17) is 0 Å². The quantitative estimate of drug-likeness (QED) is 0.643. The molecule has 1 saturated carbocycles. The van der Waals surface area contributed by atoms with E-state index in [0.717, 1.165) is 22.5 Å². The molecular weight excluding hydrogens is 358 g/mol. The lowest BCUT2D eigenvalue weighted by atomic mass is 10.3. The van der Waals surface area contributed by atoms with Crippen molar-refractivity contribution >= 4 is 33.5 Å². The molecule has 4 N–H and O–H groups in total. The molecule has 23 heavy (non-hydrogen) atoms. The molecular formula is C15H16BrN7. The van der Waals surface area contributed by atoms with Gasteiger partial charge in [-0.05, 0) is 47.1 Å². The zero-order valence-electron chi connectivity index (χ0n) is 12.3. The molecule has 0 amide bonds. The van der Waals surface area contributed by atoms with Crippen molar-refractivity contribution in [2.45, 2.75) is 18.8 Å². The molecule has 0 aromatic carbocycles. The van der Waals surface area contributed by atoms with Crippen LogP contribution in [0.3, 0.4) is 0 Å². The summed E-state index contributed by atoms with van der Waals surface area (Å²) in [5, 5.41) is 16.9. The Kier molecular flexibility index (Phi) is 3.74. The summed E-state index contributed by atoms with van der Waals surface area (Å²) >= 11 is 3.47. The summed E-state index contributed by atoms with van der Waals surface area (Å²) in [6.07, 6.45) is 10.1. The summed E-state index contributed by atoms with van der Waals surface area (Å²) in [6, 6.07) is 2.04. The minimum Gasteiger partial charge on any atom is -0.387 e. The Balaban J connectivity index is 1.51. The minimum absolute atomic E-state index is 0.534. The van der Waals surface area contributed by atoms with E-state index in [2.05, 4.69) is 52.0 Å². The number of allylic oxidation sites excluding steroid dienone is 1. The number of dihydropyridines is 1. The first kappa shape index (κ1) is 14.3. The largest absolute Gasteiger partial charge is 0.387 e. The molecule has 0 spiro atoms. The first-order valence-corrected chi connectivity index (χ1v) is 8.29. The Morgan fingerprint density at radius 3 is 2.96 bits per heavy atom. The fraction of sp³-hybridized carbons (Fsp3) is 0.267. The maximum atomic E-state index is 4.50. The number of rotatable bonds is 5. The van der Waals surface area contributed by atoms with Gasteiger partial charge in [-0.25, -0.2) is 4.98 Å². The van der Waals surface area contributed by atoms with Crippen LogP contribution >= 0.6 is 15.9 Å². The van der Waals surface area contributed by atoms with E-state index in [0.29, 0.717) is 17.7 Å². The van der Waals surface area contributed by atoms with Gasteiger partial charge in [-0.1, -0.05) is 0 Å². The van der Waals surface area contributed by atoms with E-state index in [1.54, 1.807) is 6.20 Å². The summed E-state index contributed by atoms with van der Waals surface area (Å²) in [5.41, 5.74) is 2.15. The van der Waals surface area contributed by atoms with Crippen LogP contribution in [0.4, 0.5) is 17.6 Å². The molecule has 2 aliphatic rings. The van der Waals surface area contributed by atoms with Gasteiger partial charge in [-0.3, -0.25) is 5.10 Å². The summed E-state index contributed by atoms with van der Waals surface area (Å²) in [5.74, 6) is 2.61. The summed E-state index contributed by atoms with van der Waals surface area (Å²) in [6.45, 7) is 0.789. The second-order valence-electron chi connectivity index (χ2n) is 5.52. The highest BCUT2D eigenvalue weighted by Crippen LogP contribution is 2.39. The van der Waals surface area contributed by atoms with E-state index >= 15 is 0 Å². The highest BCUT2D eigenvalue weighted by Gasteiger charge is 2.25. The van der Waals surface area contributed by atoms with Crippen LogP contribution < -0.4 is 16.0 Å². The maximum Gasteiger partial charge on any atom is 0.229 e. The third kappa shape index (κ3) is 3.37. The molecule has 1 aliphatic carbocycles. The van der Waals surface area contributed by atoms with Crippen molar-refractivity contribution in [3.05, 3.63) is 46.5 Å². The summed E-state index contributed by atoms with van der Waals surface area (Å²) < 4.78 is 0.786. The number of halogens is 1. The Morgan fingerprint density at radius 1 is 1.26 bits per heavy atom. The molecule has 1 fully saturated rings. The van der Waals surface area contributed by atoms with Gasteiger partial charge >= 0.3 is 0 Å². The van der Waals surface area contributed by atoms with E-state index in [-0.39, 0.29) is 0 Å². The van der Waals surface area contributed by atoms with Crippen molar-refractivity contribution in [2.75, 3.05) is 17.2 Å². The number of nitrogens with zero attached hydrogens (tertiary/aromatic N) is 3. The Labute approximate surface area is 141 Å². The van der Waals surface area contributed by atoms with Gasteiger partial charge in [0.25, 0.3) is 0 Å². The number of hydrogen-bond acceptors (Lipinski definition) is 6. The second kappa shape index (κ2) is 6.04. The van der Waals surface area contributed by atoms with E-state index in [1.807, 2.05) is 24.4 Å². The molecule has 8 heteroatoms. The number of nitrogens with one attached hydrogen (secondary N) is 4. The van der Waals surface area contributed by atoms with Crippen LogP contribution in [0.25, 0.3) is 0 Å². The molecule has 118 valence electrons. The van der Waals surface area contributed by atoms with Crippen molar-refractivity contribution in [3.8, 4) is 0 Å². The van der Waals surface area contributed by atoms with E-state index < -0.39 is 0 Å². The van der Waals surface area contributed by atoms with Crippen LogP contribution in [-0.2, 0) is 0 Å². The molecule has 7 nitrogen and oxygen atoms in total. The van der Waals surface area contributed by atoms with Crippen LogP contribution in [0.2, 0.25) is 0 Å². The first-order chi connectivity index (χ1) is 11.3. The molecule has 2 aromatic heterocycles. The highest BCUT2D eigenvalue weighted by atomic mass is 79.9. The van der Waals surface area contributed by atoms with Crippen molar-refractivity contribution in [2.24, 2.45) is 0 Å². The second-order valence-corrected chi connectivity index (χ2v) is 6.38. The molecule has 1 aliphatic heterocycles. The first-order valence-electron chi connectivity index (χ1n) is 7.50. The minimum atomic E-state index is 0.534. The molecule has 2 aromatic rings. The topological polar surface area (TPSA) is 90.5 Å². The third-order valence-electron chi connectivity index (χ3n) is 3.68. The zero-order valence-corrected chi connectivity index (χ0v) is 13.9. The van der Waals surface area contributed by atoms with Gasteiger partial charge in [0.1, 0.15) is 0 Å². The smallest absolute Gasteiger partial charge is 0.229 e. The van der Waals surface area contributed by atoms with Gasteiger partial charge in [0.15, 0.2) is 11.6 Å².